The van der Waals surface area contributed by atoms with Crippen LogP contribution < -0.4 is 10.6 Å². The van der Waals surface area contributed by atoms with Gasteiger partial charge in [-0.2, -0.15) is 0 Å². The summed E-state index contributed by atoms with van der Waals surface area (Å²) in [4.78, 5) is 4.31. The quantitative estimate of drug-likeness (QED) is 0.524. The lowest BCUT2D eigenvalue weighted by atomic mass is 10.2. The van der Waals surface area contributed by atoms with Crippen molar-refractivity contribution in [1.29, 1.82) is 0 Å². The van der Waals surface area contributed by atoms with Crippen molar-refractivity contribution in [2.24, 2.45) is 4.99 Å². The molecule has 6 nitrogen and oxygen atoms in total. The monoisotopic (exact) mass is 358 g/mol. The average Bonchev–Trinajstić information content (AvgIpc) is 3.05. The van der Waals surface area contributed by atoms with Gasteiger partial charge in [-0.15, -0.1) is 10.2 Å². The van der Waals surface area contributed by atoms with E-state index in [-0.39, 0.29) is 12.1 Å². The number of hydrogen-bond donors (Lipinski definition) is 2. The minimum absolute atomic E-state index is 0.0484. The molecule has 0 radical (unpaired) electrons. The molecule has 0 aliphatic rings. The first-order chi connectivity index (χ1) is 12.7. The standard InChI is InChI=1S/C18H20F2N6/c1-2-21-18(23-12-13-11-14(19)6-7-15(13)20)22-9-8-17-25-24-16-5-3-4-10-26(16)17/h3-7,10-11H,2,8-9,12H2,1H3,(H2,21,22,23). The lowest BCUT2D eigenvalue weighted by molar-refractivity contribution is 0.585. The van der Waals surface area contributed by atoms with E-state index in [4.69, 9.17) is 0 Å². The Morgan fingerprint density at radius 2 is 2.04 bits per heavy atom. The molecule has 2 aromatic heterocycles. The number of benzene rings is 1. The van der Waals surface area contributed by atoms with Gasteiger partial charge in [0.2, 0.25) is 0 Å². The predicted molar refractivity (Wildman–Crippen MR) is 95.9 cm³/mol. The number of fused-ring (bicyclic) bond motifs is 1. The molecule has 0 saturated carbocycles. The van der Waals surface area contributed by atoms with E-state index in [2.05, 4.69) is 25.8 Å². The van der Waals surface area contributed by atoms with Gasteiger partial charge in [-0.1, -0.05) is 6.07 Å². The van der Waals surface area contributed by atoms with Crippen LogP contribution in [0, 0.1) is 11.6 Å². The Hall–Kier alpha value is -3.03. The summed E-state index contributed by atoms with van der Waals surface area (Å²) in [5, 5.41) is 14.5. The van der Waals surface area contributed by atoms with Crippen LogP contribution in [0.25, 0.3) is 5.65 Å². The molecule has 0 aliphatic carbocycles. The van der Waals surface area contributed by atoms with Gasteiger partial charge in [-0.25, -0.2) is 13.8 Å². The molecule has 26 heavy (non-hydrogen) atoms. The van der Waals surface area contributed by atoms with Crippen molar-refractivity contribution < 1.29 is 8.78 Å². The number of nitrogens with one attached hydrogen (secondary N) is 2. The van der Waals surface area contributed by atoms with E-state index in [0.29, 0.717) is 25.5 Å². The average molecular weight is 358 g/mol. The Balaban J connectivity index is 1.62. The fraction of sp³-hybridized carbons (Fsp3) is 0.278. The number of hydrogen-bond acceptors (Lipinski definition) is 3. The SMILES string of the molecule is CCNC(=NCc1cc(F)ccc1F)NCCc1nnc2ccccn12. The first kappa shape index (κ1) is 17.8. The Morgan fingerprint density at radius 3 is 2.88 bits per heavy atom. The van der Waals surface area contributed by atoms with Gasteiger partial charge in [0.15, 0.2) is 11.6 Å². The highest BCUT2D eigenvalue weighted by molar-refractivity contribution is 5.79. The largest absolute Gasteiger partial charge is 0.357 e. The van der Waals surface area contributed by atoms with Crippen molar-refractivity contribution in [1.82, 2.24) is 25.2 Å². The highest BCUT2D eigenvalue weighted by Crippen LogP contribution is 2.10. The van der Waals surface area contributed by atoms with Crippen molar-refractivity contribution in [3.8, 4) is 0 Å². The van der Waals surface area contributed by atoms with E-state index < -0.39 is 11.6 Å². The number of nitrogens with zero attached hydrogens (tertiary/aromatic N) is 4. The fourth-order valence-electron chi connectivity index (χ4n) is 2.52. The van der Waals surface area contributed by atoms with E-state index in [1.807, 2.05) is 35.7 Å². The zero-order valence-electron chi connectivity index (χ0n) is 14.4. The number of rotatable bonds is 6. The molecule has 136 valence electrons. The van der Waals surface area contributed by atoms with Gasteiger partial charge in [0.1, 0.15) is 17.5 Å². The molecule has 2 heterocycles. The molecular formula is C18H20F2N6. The van der Waals surface area contributed by atoms with E-state index >= 15 is 0 Å². The highest BCUT2D eigenvalue weighted by Gasteiger charge is 2.06. The number of aliphatic imine (C=N–C) groups is 1. The molecule has 0 unspecified atom stereocenters. The summed E-state index contributed by atoms with van der Waals surface area (Å²) in [5.41, 5.74) is 1.01. The minimum Gasteiger partial charge on any atom is -0.357 e. The van der Waals surface area contributed by atoms with Crippen molar-refractivity contribution >= 4 is 11.6 Å². The second-order valence-electron chi connectivity index (χ2n) is 5.65. The van der Waals surface area contributed by atoms with Gasteiger partial charge in [0.25, 0.3) is 0 Å². The minimum atomic E-state index is -0.478. The molecule has 0 fully saturated rings. The van der Waals surface area contributed by atoms with Gasteiger partial charge in [-0.3, -0.25) is 4.40 Å². The van der Waals surface area contributed by atoms with E-state index in [1.54, 1.807) is 0 Å². The molecule has 3 aromatic rings. The fourth-order valence-corrected chi connectivity index (χ4v) is 2.52. The maximum absolute atomic E-state index is 13.7. The second-order valence-corrected chi connectivity index (χ2v) is 5.65. The zero-order chi connectivity index (χ0) is 18.4. The van der Waals surface area contributed by atoms with Gasteiger partial charge < -0.3 is 10.6 Å². The summed E-state index contributed by atoms with van der Waals surface area (Å²) in [6.45, 7) is 3.22. The van der Waals surface area contributed by atoms with Gasteiger partial charge in [0.05, 0.1) is 6.54 Å². The number of halogens is 2. The summed E-state index contributed by atoms with van der Waals surface area (Å²) >= 11 is 0. The summed E-state index contributed by atoms with van der Waals surface area (Å²) in [5.74, 6) is 0.416. The van der Waals surface area contributed by atoms with Crippen molar-refractivity contribution in [3.63, 3.8) is 0 Å². The molecule has 1 aromatic carbocycles. The number of pyridine rings is 1. The Morgan fingerprint density at radius 1 is 1.15 bits per heavy atom. The molecule has 0 amide bonds. The molecule has 3 rings (SSSR count). The smallest absolute Gasteiger partial charge is 0.191 e. The maximum Gasteiger partial charge on any atom is 0.191 e. The van der Waals surface area contributed by atoms with Crippen LogP contribution in [0.4, 0.5) is 8.78 Å². The van der Waals surface area contributed by atoms with Crippen LogP contribution in [-0.4, -0.2) is 33.6 Å². The highest BCUT2D eigenvalue weighted by atomic mass is 19.1. The van der Waals surface area contributed by atoms with Crippen LogP contribution in [0.5, 0.6) is 0 Å². The van der Waals surface area contributed by atoms with Gasteiger partial charge >= 0.3 is 0 Å². The molecule has 0 atom stereocenters. The molecule has 0 bridgehead atoms. The molecule has 0 aliphatic heterocycles. The Bertz CT molecular complexity index is 906. The Kier molecular flexibility index (Phi) is 5.73. The maximum atomic E-state index is 13.7. The van der Waals surface area contributed by atoms with Crippen LogP contribution in [0.15, 0.2) is 47.6 Å². The lowest BCUT2D eigenvalue weighted by Crippen LogP contribution is -2.38. The van der Waals surface area contributed by atoms with Crippen LogP contribution in [0.3, 0.4) is 0 Å². The normalized spacial score (nSPS) is 11.7. The van der Waals surface area contributed by atoms with Crippen LogP contribution >= 0.6 is 0 Å². The predicted octanol–water partition coefficient (Wildman–Crippen LogP) is 2.31. The van der Waals surface area contributed by atoms with Crippen molar-refractivity contribution in [3.05, 3.63) is 65.6 Å². The van der Waals surface area contributed by atoms with Gasteiger partial charge in [0, 0.05) is 31.3 Å². The number of guanidine groups is 1. The molecular weight excluding hydrogens is 338 g/mol. The third-order valence-corrected chi connectivity index (χ3v) is 3.78. The van der Waals surface area contributed by atoms with Crippen LogP contribution in [0.1, 0.15) is 18.3 Å². The second kappa shape index (κ2) is 8.37. The molecule has 0 spiro atoms. The zero-order valence-corrected chi connectivity index (χ0v) is 14.4. The summed E-state index contributed by atoms with van der Waals surface area (Å²) in [6.07, 6.45) is 2.56. The third-order valence-electron chi connectivity index (χ3n) is 3.78. The first-order valence-electron chi connectivity index (χ1n) is 8.42. The summed E-state index contributed by atoms with van der Waals surface area (Å²) in [7, 11) is 0. The van der Waals surface area contributed by atoms with E-state index in [1.165, 1.54) is 0 Å². The molecule has 2 N–H and O–H groups in total. The van der Waals surface area contributed by atoms with Crippen molar-refractivity contribution in [2.75, 3.05) is 13.1 Å². The van der Waals surface area contributed by atoms with Crippen LogP contribution in [0.2, 0.25) is 0 Å². The third kappa shape index (κ3) is 4.33. The van der Waals surface area contributed by atoms with Gasteiger partial charge in [-0.05, 0) is 37.3 Å². The van der Waals surface area contributed by atoms with E-state index in [9.17, 15) is 8.78 Å². The summed E-state index contributed by atoms with van der Waals surface area (Å²) < 4.78 is 28.9. The molecule has 0 saturated heterocycles. The van der Waals surface area contributed by atoms with E-state index in [0.717, 1.165) is 29.7 Å². The number of aromatic nitrogens is 3. The first-order valence-corrected chi connectivity index (χ1v) is 8.42. The Labute approximate surface area is 150 Å². The lowest BCUT2D eigenvalue weighted by Gasteiger charge is -2.11. The topological polar surface area (TPSA) is 66.6 Å². The molecule has 8 heteroatoms. The van der Waals surface area contributed by atoms with Crippen molar-refractivity contribution in [2.45, 2.75) is 19.9 Å². The van der Waals surface area contributed by atoms with Crippen LogP contribution in [-0.2, 0) is 13.0 Å². The summed E-state index contributed by atoms with van der Waals surface area (Å²) in [6, 6.07) is 9.08.